The molecule has 0 aliphatic carbocycles. The van der Waals surface area contributed by atoms with E-state index in [2.05, 4.69) is 17.1 Å². The van der Waals surface area contributed by atoms with Crippen molar-refractivity contribution in [3.05, 3.63) is 23.6 Å². The molecule has 2 aromatic rings. The van der Waals surface area contributed by atoms with E-state index in [-0.39, 0.29) is 6.54 Å². The van der Waals surface area contributed by atoms with Crippen molar-refractivity contribution in [1.29, 1.82) is 0 Å². The molecule has 0 fully saturated rings. The molecule has 2 rings (SSSR count). The van der Waals surface area contributed by atoms with Crippen LogP contribution in [0.5, 0.6) is 11.5 Å². The van der Waals surface area contributed by atoms with Crippen LogP contribution in [0.3, 0.4) is 0 Å². The Labute approximate surface area is 111 Å². The number of ether oxygens (including phenoxy) is 2. The lowest BCUT2D eigenvalue weighted by Gasteiger charge is -2.13. The van der Waals surface area contributed by atoms with Crippen LogP contribution in [0.25, 0.3) is 11.4 Å². The number of methoxy groups -OCH3 is 2. The Kier molecular flexibility index (Phi) is 4.01. The zero-order chi connectivity index (χ0) is 13.8. The number of rotatable bonds is 5. The van der Waals surface area contributed by atoms with Gasteiger partial charge in [-0.2, -0.15) is 4.98 Å². The summed E-state index contributed by atoms with van der Waals surface area (Å²) in [7, 11) is 3.18. The minimum atomic E-state index is 0.209. The highest BCUT2D eigenvalue weighted by molar-refractivity contribution is 5.72. The lowest BCUT2D eigenvalue weighted by molar-refractivity contribution is 0.354. The Morgan fingerprint density at radius 1 is 1.26 bits per heavy atom. The fourth-order valence-electron chi connectivity index (χ4n) is 1.95. The van der Waals surface area contributed by atoms with Gasteiger partial charge in [-0.1, -0.05) is 18.1 Å². The van der Waals surface area contributed by atoms with E-state index in [9.17, 15) is 0 Å². The third-order valence-corrected chi connectivity index (χ3v) is 2.88. The van der Waals surface area contributed by atoms with Crippen molar-refractivity contribution in [3.8, 4) is 22.9 Å². The molecule has 0 aliphatic heterocycles. The summed E-state index contributed by atoms with van der Waals surface area (Å²) in [6.07, 6.45) is 0.822. The fraction of sp³-hybridized carbons (Fsp3) is 0.385. The summed E-state index contributed by atoms with van der Waals surface area (Å²) in [6.45, 7) is 2.26. The van der Waals surface area contributed by atoms with Crippen LogP contribution in [0, 0.1) is 0 Å². The number of nitrogens with zero attached hydrogens (tertiary/aromatic N) is 2. The summed E-state index contributed by atoms with van der Waals surface area (Å²) in [6, 6.07) is 3.83. The Bertz CT molecular complexity index is 566. The zero-order valence-electron chi connectivity index (χ0n) is 11.3. The van der Waals surface area contributed by atoms with E-state index in [1.54, 1.807) is 14.2 Å². The molecule has 0 saturated carbocycles. The average Bonchev–Trinajstić information content (AvgIpc) is 2.93. The van der Waals surface area contributed by atoms with Crippen molar-refractivity contribution in [2.45, 2.75) is 19.9 Å². The average molecular weight is 263 g/mol. The molecule has 0 spiro atoms. The largest absolute Gasteiger partial charge is 0.493 e. The molecule has 0 unspecified atom stereocenters. The molecule has 19 heavy (non-hydrogen) atoms. The van der Waals surface area contributed by atoms with Gasteiger partial charge in [-0.25, -0.2) is 0 Å². The van der Waals surface area contributed by atoms with E-state index in [1.165, 1.54) is 0 Å². The normalized spacial score (nSPS) is 10.5. The van der Waals surface area contributed by atoms with E-state index in [0.717, 1.165) is 17.5 Å². The first kappa shape index (κ1) is 13.4. The number of hydrogen-bond acceptors (Lipinski definition) is 6. The molecule has 0 atom stereocenters. The molecule has 0 aliphatic rings. The third-order valence-electron chi connectivity index (χ3n) is 2.88. The highest BCUT2D eigenvalue weighted by Gasteiger charge is 2.20. The minimum Gasteiger partial charge on any atom is -0.493 e. The molecule has 0 saturated heterocycles. The lowest BCUT2D eigenvalue weighted by atomic mass is 10.0. The van der Waals surface area contributed by atoms with Crippen LogP contribution in [-0.2, 0) is 13.0 Å². The molecule has 2 N–H and O–H groups in total. The molecule has 0 bridgehead atoms. The van der Waals surface area contributed by atoms with Gasteiger partial charge in [0.05, 0.1) is 26.3 Å². The third kappa shape index (κ3) is 2.39. The van der Waals surface area contributed by atoms with E-state index in [1.807, 2.05) is 12.1 Å². The topological polar surface area (TPSA) is 83.4 Å². The second-order valence-electron chi connectivity index (χ2n) is 3.90. The standard InChI is InChI=1S/C13H17N3O3/c1-4-8-5-6-9(17-2)12(18-3)11(8)13-15-10(7-14)19-16-13/h5-6H,4,7,14H2,1-3H3. The molecule has 0 radical (unpaired) electrons. The van der Waals surface area contributed by atoms with Gasteiger partial charge in [-0.15, -0.1) is 0 Å². The summed E-state index contributed by atoms with van der Waals surface area (Å²) in [5.74, 6) is 2.09. The first-order valence-electron chi connectivity index (χ1n) is 6.02. The summed E-state index contributed by atoms with van der Waals surface area (Å²) >= 11 is 0. The van der Waals surface area contributed by atoms with Gasteiger partial charge in [-0.3, -0.25) is 0 Å². The Morgan fingerprint density at radius 2 is 2.05 bits per heavy atom. The van der Waals surface area contributed by atoms with E-state index in [4.69, 9.17) is 19.7 Å². The van der Waals surface area contributed by atoms with Gasteiger partial charge in [0.25, 0.3) is 0 Å². The van der Waals surface area contributed by atoms with Crippen LogP contribution in [0.15, 0.2) is 16.7 Å². The van der Waals surface area contributed by atoms with Gasteiger partial charge < -0.3 is 19.7 Å². The Morgan fingerprint density at radius 3 is 2.58 bits per heavy atom. The lowest BCUT2D eigenvalue weighted by Crippen LogP contribution is -1.99. The number of aromatic nitrogens is 2. The van der Waals surface area contributed by atoms with Crippen molar-refractivity contribution in [2.24, 2.45) is 5.73 Å². The number of nitrogens with two attached hydrogens (primary N) is 1. The van der Waals surface area contributed by atoms with Gasteiger partial charge in [0.15, 0.2) is 11.5 Å². The summed E-state index contributed by atoms with van der Waals surface area (Å²) < 4.78 is 15.8. The highest BCUT2D eigenvalue weighted by Crippen LogP contribution is 2.39. The minimum absolute atomic E-state index is 0.209. The maximum Gasteiger partial charge on any atom is 0.240 e. The van der Waals surface area contributed by atoms with Crippen molar-refractivity contribution >= 4 is 0 Å². The zero-order valence-corrected chi connectivity index (χ0v) is 11.3. The van der Waals surface area contributed by atoms with Crippen LogP contribution in [0.4, 0.5) is 0 Å². The smallest absolute Gasteiger partial charge is 0.240 e. The Hall–Kier alpha value is -2.08. The van der Waals surface area contributed by atoms with Gasteiger partial charge >= 0.3 is 0 Å². The second kappa shape index (κ2) is 5.71. The monoisotopic (exact) mass is 263 g/mol. The second-order valence-corrected chi connectivity index (χ2v) is 3.90. The fourth-order valence-corrected chi connectivity index (χ4v) is 1.95. The molecule has 6 nitrogen and oxygen atoms in total. The number of aryl methyl sites for hydroxylation is 1. The van der Waals surface area contributed by atoms with Crippen molar-refractivity contribution in [3.63, 3.8) is 0 Å². The summed E-state index contributed by atoms with van der Waals surface area (Å²) in [5, 5.41) is 3.95. The van der Waals surface area contributed by atoms with Crippen LogP contribution in [-0.4, -0.2) is 24.4 Å². The number of hydrogen-bond donors (Lipinski definition) is 1. The van der Waals surface area contributed by atoms with Crippen LogP contribution in [0.1, 0.15) is 18.4 Å². The molecular weight excluding hydrogens is 246 g/mol. The first-order valence-corrected chi connectivity index (χ1v) is 6.02. The van der Waals surface area contributed by atoms with Crippen molar-refractivity contribution in [2.75, 3.05) is 14.2 Å². The molecule has 1 aromatic heterocycles. The summed E-state index contributed by atoms with van der Waals surface area (Å²) in [4.78, 5) is 4.25. The SMILES string of the molecule is CCc1ccc(OC)c(OC)c1-c1noc(CN)n1. The van der Waals surface area contributed by atoms with Gasteiger partial charge in [0, 0.05) is 0 Å². The predicted molar refractivity (Wildman–Crippen MR) is 70.1 cm³/mol. The molecular formula is C13H17N3O3. The maximum atomic E-state index is 5.49. The van der Waals surface area contributed by atoms with Crippen LogP contribution < -0.4 is 15.2 Å². The van der Waals surface area contributed by atoms with Crippen LogP contribution >= 0.6 is 0 Å². The maximum absolute atomic E-state index is 5.49. The van der Waals surface area contributed by atoms with Crippen LogP contribution in [0.2, 0.25) is 0 Å². The van der Waals surface area contributed by atoms with Crippen molar-refractivity contribution < 1.29 is 14.0 Å². The quantitative estimate of drug-likeness (QED) is 0.885. The molecule has 1 heterocycles. The van der Waals surface area contributed by atoms with E-state index >= 15 is 0 Å². The van der Waals surface area contributed by atoms with E-state index < -0.39 is 0 Å². The van der Waals surface area contributed by atoms with Gasteiger partial charge in [0.1, 0.15) is 0 Å². The molecule has 0 amide bonds. The van der Waals surface area contributed by atoms with Gasteiger partial charge in [-0.05, 0) is 18.1 Å². The highest BCUT2D eigenvalue weighted by atomic mass is 16.5. The summed E-state index contributed by atoms with van der Waals surface area (Å²) in [5.41, 5.74) is 7.33. The van der Waals surface area contributed by atoms with E-state index in [0.29, 0.717) is 23.2 Å². The van der Waals surface area contributed by atoms with Gasteiger partial charge in [0.2, 0.25) is 11.7 Å². The molecule has 1 aromatic carbocycles. The molecule has 6 heteroatoms. The Balaban J connectivity index is 2.64. The molecule has 102 valence electrons. The van der Waals surface area contributed by atoms with Crippen molar-refractivity contribution in [1.82, 2.24) is 10.1 Å². The predicted octanol–water partition coefficient (Wildman–Crippen LogP) is 1.77. The first-order chi connectivity index (χ1) is 9.24. The number of benzene rings is 1.